The van der Waals surface area contributed by atoms with Gasteiger partial charge in [0.05, 0.1) is 6.61 Å². The number of hydrogen-bond acceptors (Lipinski definition) is 4. The summed E-state index contributed by atoms with van der Waals surface area (Å²) in [6, 6.07) is 0. The van der Waals surface area contributed by atoms with Crippen LogP contribution in [0.15, 0.2) is 0 Å². The van der Waals surface area contributed by atoms with Crippen LogP contribution in [0.2, 0.25) is 0 Å². The highest BCUT2D eigenvalue weighted by atomic mass is 32.9. The average Bonchev–Trinajstić information content (AvgIpc) is 1.98. The molecule has 0 aromatic rings. The van der Waals surface area contributed by atoms with Gasteiger partial charge in [-0.05, 0) is 11.8 Å². The minimum atomic E-state index is -2.80. The minimum Gasteiger partial charge on any atom is -0.793 e. The van der Waals surface area contributed by atoms with Gasteiger partial charge in [0.25, 0.3) is 0 Å². The molecule has 0 rings (SSSR count). The monoisotopic (exact) mass is 272 g/mol. The highest BCUT2D eigenvalue weighted by Crippen LogP contribution is 2.52. The molecule has 0 aromatic carbocycles. The van der Waals surface area contributed by atoms with Crippen molar-refractivity contribution in [3.05, 3.63) is 0 Å². The molecular weight excluding hydrogens is 254 g/mol. The topological polar surface area (TPSA) is 32.3 Å². The maximum absolute atomic E-state index is 11.6. The van der Waals surface area contributed by atoms with E-state index in [0.29, 0.717) is 18.4 Å². The first kappa shape index (κ1) is 17.7. The van der Waals surface area contributed by atoms with Gasteiger partial charge in [-0.3, -0.25) is 0 Å². The van der Waals surface area contributed by atoms with Crippen LogP contribution in [0.5, 0.6) is 0 Å². The molecule has 0 heterocycles. The highest BCUT2D eigenvalue weighted by Gasteiger charge is 2.06. The minimum absolute atomic E-state index is 0. The van der Waals surface area contributed by atoms with E-state index in [1.807, 2.05) is 13.8 Å². The fourth-order valence-electron chi connectivity index (χ4n) is 0.518. The Morgan fingerprint density at radius 3 is 2.14 bits per heavy atom. The van der Waals surface area contributed by atoms with Crippen LogP contribution in [0.1, 0.15) is 27.7 Å². The zero-order valence-corrected chi connectivity index (χ0v) is 12.5. The lowest BCUT2D eigenvalue weighted by molar-refractivity contribution is -0.175. The Bertz CT molecular complexity index is 170. The van der Waals surface area contributed by atoms with E-state index >= 15 is 0 Å². The van der Waals surface area contributed by atoms with Crippen molar-refractivity contribution >= 4 is 38.8 Å². The zero-order valence-electron chi connectivity index (χ0n) is 9.10. The molecule has 0 N–H and O–H groups in total. The van der Waals surface area contributed by atoms with E-state index in [9.17, 15) is 4.89 Å². The molecule has 14 heavy (non-hydrogen) atoms. The van der Waals surface area contributed by atoms with Gasteiger partial charge in [0.2, 0.25) is 0 Å². The zero-order chi connectivity index (χ0) is 10.5. The Hall–Kier alpha value is 1.35. The lowest BCUT2D eigenvalue weighted by atomic mass is 10.2. The van der Waals surface area contributed by atoms with Gasteiger partial charge in [-0.2, -0.15) is 0 Å². The van der Waals surface area contributed by atoms with Crippen molar-refractivity contribution in [1.29, 1.82) is 0 Å². The van der Waals surface area contributed by atoms with E-state index in [0.717, 1.165) is 5.75 Å². The van der Waals surface area contributed by atoms with Crippen molar-refractivity contribution in [1.82, 2.24) is 0 Å². The van der Waals surface area contributed by atoms with E-state index in [-0.39, 0.29) is 9.90 Å². The first-order valence-electron chi connectivity index (χ1n) is 4.43. The van der Waals surface area contributed by atoms with E-state index in [1.54, 1.807) is 0 Å². The SMILES string of the molecule is CC(C)COP([O-])(=S)SCC(C)C.[P+]. The first-order valence-corrected chi connectivity index (χ1v) is 8.66. The molecule has 6 heteroatoms. The van der Waals surface area contributed by atoms with E-state index < -0.39 is 5.69 Å². The van der Waals surface area contributed by atoms with Crippen LogP contribution in [0.4, 0.5) is 0 Å². The van der Waals surface area contributed by atoms with Crippen LogP contribution in [-0.4, -0.2) is 12.4 Å². The molecule has 0 saturated heterocycles. The molecule has 0 aliphatic heterocycles. The second kappa shape index (κ2) is 8.50. The van der Waals surface area contributed by atoms with Crippen LogP contribution in [-0.2, 0) is 16.3 Å². The second-order valence-electron chi connectivity index (χ2n) is 3.83. The van der Waals surface area contributed by atoms with Crippen LogP contribution in [0.3, 0.4) is 0 Å². The molecule has 0 amide bonds. The lowest BCUT2D eigenvalue weighted by Crippen LogP contribution is -2.07. The standard InChI is InChI=1S/C8H19O2PS2.P/c1-7(2)5-10-11(9,12)13-6-8(3)4;/h7-8H,5-6H2,1-4H3,(H,9,12);/q;+1/p-1. The summed E-state index contributed by atoms with van der Waals surface area (Å²) in [6.07, 6.45) is 0. The predicted molar refractivity (Wildman–Crippen MR) is 69.3 cm³/mol. The molecule has 4 radical (unpaired) electrons. The summed E-state index contributed by atoms with van der Waals surface area (Å²) in [5.74, 6) is 1.69. The normalized spacial score (nSPS) is 15.4. The number of hydrogen-bond donors (Lipinski definition) is 0. The van der Waals surface area contributed by atoms with Crippen LogP contribution < -0.4 is 4.89 Å². The van der Waals surface area contributed by atoms with Crippen molar-refractivity contribution in [3.63, 3.8) is 0 Å². The fraction of sp³-hybridized carbons (Fsp3) is 1.00. The van der Waals surface area contributed by atoms with E-state index in [2.05, 4.69) is 13.8 Å². The molecule has 0 fully saturated rings. The maximum atomic E-state index is 11.6. The molecule has 1 unspecified atom stereocenters. The Morgan fingerprint density at radius 2 is 1.79 bits per heavy atom. The van der Waals surface area contributed by atoms with Crippen molar-refractivity contribution in [2.24, 2.45) is 11.8 Å². The Kier molecular flexibility index (Phi) is 10.8. The second-order valence-corrected chi connectivity index (χ2v) is 9.92. The van der Waals surface area contributed by atoms with E-state index in [1.165, 1.54) is 11.4 Å². The predicted octanol–water partition coefficient (Wildman–Crippen LogP) is 3.49. The lowest BCUT2D eigenvalue weighted by Gasteiger charge is -2.28. The van der Waals surface area contributed by atoms with Crippen molar-refractivity contribution in [2.75, 3.05) is 12.4 Å². The summed E-state index contributed by atoms with van der Waals surface area (Å²) < 4.78 is 5.17. The average molecular weight is 272 g/mol. The van der Waals surface area contributed by atoms with Gasteiger partial charge >= 0.3 is 9.90 Å². The molecule has 0 spiro atoms. The summed E-state index contributed by atoms with van der Waals surface area (Å²) in [5, 5.41) is 0. The molecule has 0 aromatic heterocycles. The molecule has 0 bridgehead atoms. The summed E-state index contributed by atoms with van der Waals surface area (Å²) >= 11 is 6.15. The summed E-state index contributed by atoms with van der Waals surface area (Å²) in [5.41, 5.74) is -2.80. The Balaban J connectivity index is 0. The molecule has 1 atom stereocenters. The van der Waals surface area contributed by atoms with Gasteiger partial charge < -0.3 is 9.42 Å². The summed E-state index contributed by atoms with van der Waals surface area (Å²) in [7, 11) is 0. The fourth-order valence-corrected chi connectivity index (χ4v) is 4.13. The number of rotatable bonds is 6. The van der Waals surface area contributed by atoms with Gasteiger partial charge in [0.15, 0.2) is 0 Å². The molecule has 84 valence electrons. The van der Waals surface area contributed by atoms with Gasteiger partial charge in [-0.15, -0.1) is 11.4 Å². The van der Waals surface area contributed by atoms with Gasteiger partial charge in [-0.1, -0.05) is 39.5 Å². The highest BCUT2D eigenvalue weighted by molar-refractivity contribution is 8.67. The third-order valence-electron chi connectivity index (χ3n) is 1.13. The Labute approximate surface area is 100 Å². The molecular formula is C8H18O2P2S2. The van der Waals surface area contributed by atoms with Crippen molar-refractivity contribution in [2.45, 2.75) is 27.7 Å². The maximum Gasteiger partial charge on any atom is 1.00 e. The van der Waals surface area contributed by atoms with Crippen molar-refractivity contribution < 1.29 is 9.42 Å². The molecule has 0 aliphatic carbocycles. The van der Waals surface area contributed by atoms with Crippen LogP contribution in [0, 0.1) is 11.8 Å². The van der Waals surface area contributed by atoms with Gasteiger partial charge in [0, 0.05) is 11.4 Å². The van der Waals surface area contributed by atoms with Crippen LogP contribution >= 0.6 is 27.0 Å². The quantitative estimate of drug-likeness (QED) is 0.693. The van der Waals surface area contributed by atoms with E-state index in [4.69, 9.17) is 16.3 Å². The van der Waals surface area contributed by atoms with Gasteiger partial charge in [0.1, 0.15) is 0 Å². The summed E-state index contributed by atoms with van der Waals surface area (Å²) in [4.78, 5) is 11.6. The smallest absolute Gasteiger partial charge is 0.793 e. The third kappa shape index (κ3) is 11.4. The van der Waals surface area contributed by atoms with Gasteiger partial charge in [-0.25, -0.2) is 0 Å². The third-order valence-corrected chi connectivity index (χ3v) is 5.71. The Morgan fingerprint density at radius 1 is 1.29 bits per heavy atom. The largest absolute Gasteiger partial charge is 1.00 e. The molecule has 0 aliphatic rings. The first-order chi connectivity index (χ1) is 5.83. The van der Waals surface area contributed by atoms with Crippen LogP contribution in [0.25, 0.3) is 0 Å². The van der Waals surface area contributed by atoms with Crippen molar-refractivity contribution in [3.8, 4) is 0 Å². The molecule has 2 nitrogen and oxygen atoms in total. The molecule has 0 saturated carbocycles. The summed E-state index contributed by atoms with van der Waals surface area (Å²) in [6.45, 7) is 8.67.